The zero-order chi connectivity index (χ0) is 19.5. The molecule has 0 bridgehead atoms. The minimum atomic E-state index is -1.52. The second kappa shape index (κ2) is 7.90. The predicted octanol–water partition coefficient (Wildman–Crippen LogP) is 5.91. The van der Waals surface area contributed by atoms with Crippen molar-refractivity contribution in [3.8, 4) is 0 Å². The van der Waals surface area contributed by atoms with Gasteiger partial charge in [0.15, 0.2) is 0 Å². The summed E-state index contributed by atoms with van der Waals surface area (Å²) in [5.74, 6) is 0. The fraction of sp³-hybridized carbons (Fsp3) is 0. The molecule has 1 aliphatic heterocycles. The lowest BCUT2D eigenvalue weighted by Crippen LogP contribution is -2.28. The molecule has 0 radical (unpaired) electrons. The molecule has 1 heterocycles. The van der Waals surface area contributed by atoms with Gasteiger partial charge in [-0.2, -0.15) is 0 Å². The van der Waals surface area contributed by atoms with Crippen molar-refractivity contribution >= 4 is 30.3 Å². The zero-order valence-electron chi connectivity index (χ0n) is 16.2. The summed E-state index contributed by atoms with van der Waals surface area (Å²) < 4.78 is 0. The molecule has 29 heavy (non-hydrogen) atoms. The van der Waals surface area contributed by atoms with Gasteiger partial charge in [0.25, 0.3) is 0 Å². The van der Waals surface area contributed by atoms with Crippen molar-refractivity contribution in [2.24, 2.45) is 0 Å². The molecule has 0 amide bonds. The highest BCUT2D eigenvalue weighted by Crippen LogP contribution is 2.43. The molecule has 1 atom stereocenters. The molecular formula is C28H22Si. The van der Waals surface area contributed by atoms with E-state index in [0.717, 1.165) is 0 Å². The monoisotopic (exact) mass is 386 g/mol. The Hall–Kier alpha value is -3.42. The summed E-state index contributed by atoms with van der Waals surface area (Å²) in [5.41, 5.74) is 9.28. The van der Waals surface area contributed by atoms with Crippen LogP contribution in [0.25, 0.3) is 16.3 Å². The topological polar surface area (TPSA) is 0 Å². The van der Waals surface area contributed by atoms with E-state index in [4.69, 9.17) is 0 Å². The molecule has 0 saturated heterocycles. The van der Waals surface area contributed by atoms with Crippen molar-refractivity contribution in [2.75, 3.05) is 0 Å². The predicted molar refractivity (Wildman–Crippen MR) is 127 cm³/mol. The minimum Gasteiger partial charge on any atom is -0.0803 e. The van der Waals surface area contributed by atoms with Gasteiger partial charge in [-0.25, -0.2) is 0 Å². The maximum atomic E-state index is 2.58. The fourth-order valence-electron chi connectivity index (χ4n) is 4.27. The van der Waals surface area contributed by atoms with Gasteiger partial charge >= 0.3 is 0 Å². The summed E-state index contributed by atoms with van der Waals surface area (Å²) >= 11 is 0. The summed E-state index contributed by atoms with van der Waals surface area (Å²) in [6, 6.07) is 43.7. The first kappa shape index (κ1) is 17.7. The molecule has 1 aliphatic rings. The zero-order valence-corrected chi connectivity index (χ0v) is 17.4. The molecule has 1 heteroatoms. The summed E-state index contributed by atoms with van der Waals surface area (Å²) in [6.45, 7) is 0. The van der Waals surface area contributed by atoms with E-state index in [2.05, 4.69) is 127 Å². The Morgan fingerprint density at radius 2 is 0.862 bits per heavy atom. The second-order valence-electron chi connectivity index (χ2n) is 7.36. The van der Waals surface area contributed by atoms with Crippen LogP contribution >= 0.6 is 0 Å². The van der Waals surface area contributed by atoms with Crippen LogP contribution < -0.4 is 5.19 Å². The molecule has 4 aromatic carbocycles. The maximum absolute atomic E-state index is 2.58. The third-order valence-corrected chi connectivity index (χ3v) is 8.59. The molecule has 0 saturated carbocycles. The highest BCUT2D eigenvalue weighted by molar-refractivity contribution is 6.98. The first-order valence-corrected chi connectivity index (χ1v) is 11.9. The van der Waals surface area contributed by atoms with Crippen LogP contribution in [0.4, 0.5) is 0 Å². The lowest BCUT2D eigenvalue weighted by molar-refractivity contribution is 1.59. The van der Waals surface area contributed by atoms with Crippen LogP contribution in [0.5, 0.6) is 0 Å². The number of benzene rings is 4. The molecule has 0 nitrogen and oxygen atoms in total. The van der Waals surface area contributed by atoms with Gasteiger partial charge in [0.05, 0.1) is 0 Å². The van der Waals surface area contributed by atoms with E-state index in [1.807, 2.05) is 0 Å². The Morgan fingerprint density at radius 3 is 1.41 bits per heavy atom. The smallest absolute Gasteiger partial charge is 0.0803 e. The number of hydrogen-bond acceptors (Lipinski definition) is 0. The van der Waals surface area contributed by atoms with Crippen LogP contribution in [-0.4, -0.2) is 8.80 Å². The Kier molecular flexibility index (Phi) is 4.81. The van der Waals surface area contributed by atoms with Gasteiger partial charge in [-0.1, -0.05) is 132 Å². The van der Waals surface area contributed by atoms with Crippen molar-refractivity contribution in [3.63, 3.8) is 0 Å². The Balaban J connectivity index is 1.81. The summed E-state index contributed by atoms with van der Waals surface area (Å²) in [7, 11) is -1.52. The Bertz CT molecular complexity index is 1160. The summed E-state index contributed by atoms with van der Waals surface area (Å²) in [5, 5.41) is 2.98. The molecule has 4 aromatic rings. The lowest BCUT2D eigenvalue weighted by atomic mass is 9.92. The van der Waals surface area contributed by atoms with Crippen LogP contribution in [0.3, 0.4) is 0 Å². The number of allylic oxidation sites excluding steroid dienone is 2. The normalized spacial score (nSPS) is 16.0. The number of hydrogen-bond donors (Lipinski definition) is 0. The van der Waals surface area contributed by atoms with Crippen molar-refractivity contribution in [2.45, 2.75) is 0 Å². The Morgan fingerprint density at radius 1 is 0.414 bits per heavy atom. The molecular weight excluding hydrogens is 364 g/mol. The minimum absolute atomic E-state index is 1.30. The van der Waals surface area contributed by atoms with Crippen LogP contribution in [0.1, 0.15) is 16.7 Å². The van der Waals surface area contributed by atoms with E-state index in [1.54, 1.807) is 0 Å². The van der Waals surface area contributed by atoms with E-state index in [1.165, 1.54) is 38.2 Å². The molecule has 0 aliphatic carbocycles. The average Bonchev–Trinajstić information content (AvgIpc) is 3.22. The highest BCUT2D eigenvalue weighted by atomic mass is 28.3. The van der Waals surface area contributed by atoms with Gasteiger partial charge in [0.2, 0.25) is 0 Å². The van der Waals surface area contributed by atoms with Crippen LogP contribution in [0.15, 0.2) is 127 Å². The fourth-order valence-corrected chi connectivity index (χ4v) is 7.48. The standard InChI is InChI=1S/C28H22Si/c1-5-13-22(14-6-1)26-21-29(25-19-11-4-12-20-25)28(24-17-9-3-10-18-24)27(26)23-15-7-2-8-16-23/h1-21,29H. The molecule has 0 aromatic heterocycles. The van der Waals surface area contributed by atoms with E-state index in [9.17, 15) is 0 Å². The molecule has 0 fully saturated rings. The van der Waals surface area contributed by atoms with E-state index >= 15 is 0 Å². The maximum Gasteiger partial charge on any atom is 0.127 e. The highest BCUT2D eigenvalue weighted by Gasteiger charge is 2.31. The first-order valence-electron chi connectivity index (χ1n) is 10.1. The lowest BCUT2D eigenvalue weighted by Gasteiger charge is -2.17. The third kappa shape index (κ3) is 3.41. The molecule has 0 spiro atoms. The van der Waals surface area contributed by atoms with Crippen molar-refractivity contribution in [1.29, 1.82) is 0 Å². The molecule has 1 unspecified atom stereocenters. The van der Waals surface area contributed by atoms with E-state index < -0.39 is 8.80 Å². The number of rotatable bonds is 4. The molecule has 5 rings (SSSR count). The van der Waals surface area contributed by atoms with Crippen LogP contribution in [0, 0.1) is 0 Å². The van der Waals surface area contributed by atoms with Gasteiger partial charge in [-0.15, -0.1) is 0 Å². The van der Waals surface area contributed by atoms with Gasteiger partial charge in [0.1, 0.15) is 8.80 Å². The van der Waals surface area contributed by atoms with E-state index in [0.29, 0.717) is 0 Å². The van der Waals surface area contributed by atoms with Crippen LogP contribution in [-0.2, 0) is 0 Å². The first-order chi connectivity index (χ1) is 14.4. The van der Waals surface area contributed by atoms with Gasteiger partial charge < -0.3 is 0 Å². The summed E-state index contributed by atoms with van der Waals surface area (Å²) in [4.78, 5) is 0. The SMILES string of the molecule is C1=C(c2ccccc2)C(c2ccccc2)=C(c2ccccc2)[SiH]1c1ccccc1. The van der Waals surface area contributed by atoms with Crippen molar-refractivity contribution in [3.05, 3.63) is 144 Å². The van der Waals surface area contributed by atoms with Crippen LogP contribution in [0.2, 0.25) is 0 Å². The van der Waals surface area contributed by atoms with Crippen molar-refractivity contribution < 1.29 is 0 Å². The average molecular weight is 387 g/mol. The molecule has 0 N–H and O–H groups in total. The quantitative estimate of drug-likeness (QED) is 0.383. The van der Waals surface area contributed by atoms with Gasteiger partial charge in [-0.3, -0.25) is 0 Å². The van der Waals surface area contributed by atoms with Gasteiger partial charge in [-0.05, 0) is 33.0 Å². The third-order valence-electron chi connectivity index (χ3n) is 5.57. The van der Waals surface area contributed by atoms with Gasteiger partial charge in [0, 0.05) is 0 Å². The largest absolute Gasteiger partial charge is 0.127 e. The Labute approximate surface area is 174 Å². The van der Waals surface area contributed by atoms with E-state index in [-0.39, 0.29) is 0 Å². The summed E-state index contributed by atoms with van der Waals surface area (Å²) in [6.07, 6.45) is 0. The second-order valence-corrected chi connectivity index (χ2v) is 9.89. The van der Waals surface area contributed by atoms with Crippen molar-refractivity contribution in [1.82, 2.24) is 0 Å². The molecule has 138 valence electrons.